The van der Waals surface area contributed by atoms with E-state index < -0.39 is 5.97 Å². The highest BCUT2D eigenvalue weighted by Crippen LogP contribution is 2.27. The van der Waals surface area contributed by atoms with Gasteiger partial charge in [0, 0.05) is 13.6 Å². The first-order valence-electron chi connectivity index (χ1n) is 7.29. The first-order valence-corrected chi connectivity index (χ1v) is 7.29. The van der Waals surface area contributed by atoms with Crippen LogP contribution in [-0.4, -0.2) is 34.9 Å². The minimum absolute atomic E-state index is 0.288. The molecule has 5 nitrogen and oxygen atoms in total. The highest BCUT2D eigenvalue weighted by Gasteiger charge is 2.23. The molecule has 110 valence electrons. The van der Waals surface area contributed by atoms with Crippen molar-refractivity contribution in [2.45, 2.75) is 46.0 Å². The van der Waals surface area contributed by atoms with Crippen molar-refractivity contribution in [3.63, 3.8) is 0 Å². The molecule has 5 heteroatoms. The van der Waals surface area contributed by atoms with E-state index in [0.29, 0.717) is 23.0 Å². The molecule has 1 N–H and O–H groups in total. The van der Waals surface area contributed by atoms with Gasteiger partial charge in [0.1, 0.15) is 5.56 Å². The lowest BCUT2D eigenvalue weighted by atomic mass is 9.89. The average molecular weight is 277 g/mol. The molecular weight excluding hydrogens is 254 g/mol. The highest BCUT2D eigenvalue weighted by molar-refractivity contribution is 5.95. The Bertz CT molecular complexity index is 496. The summed E-state index contributed by atoms with van der Waals surface area (Å²) in [6.45, 7) is 4.45. The zero-order valence-electron chi connectivity index (χ0n) is 12.5. The summed E-state index contributed by atoms with van der Waals surface area (Å²) in [4.78, 5) is 13.5. The van der Waals surface area contributed by atoms with Gasteiger partial charge in [0.15, 0.2) is 5.82 Å². The lowest BCUT2D eigenvalue weighted by molar-refractivity contribution is 0.0696. The van der Waals surface area contributed by atoms with E-state index >= 15 is 0 Å². The van der Waals surface area contributed by atoms with Crippen LogP contribution < -0.4 is 4.90 Å². The summed E-state index contributed by atoms with van der Waals surface area (Å²) in [5.41, 5.74) is 1.67. The smallest absolute Gasteiger partial charge is 0.339 e. The van der Waals surface area contributed by atoms with Gasteiger partial charge >= 0.3 is 5.97 Å². The van der Waals surface area contributed by atoms with Gasteiger partial charge in [0.05, 0.1) is 5.69 Å². The Hall–Kier alpha value is -1.65. The molecule has 0 radical (unpaired) electrons. The number of rotatable bonds is 4. The summed E-state index contributed by atoms with van der Waals surface area (Å²) in [7, 11) is 1.92. The first-order chi connectivity index (χ1) is 9.50. The second kappa shape index (κ2) is 6.20. The molecule has 1 fully saturated rings. The predicted molar refractivity (Wildman–Crippen MR) is 78.3 cm³/mol. The van der Waals surface area contributed by atoms with Crippen LogP contribution >= 0.6 is 0 Å². The van der Waals surface area contributed by atoms with E-state index in [9.17, 15) is 9.90 Å². The van der Waals surface area contributed by atoms with Crippen molar-refractivity contribution in [1.29, 1.82) is 0 Å². The Morgan fingerprint density at radius 1 is 1.25 bits per heavy atom. The molecule has 2 rings (SSSR count). The quantitative estimate of drug-likeness (QED) is 0.916. The topological polar surface area (TPSA) is 66.3 Å². The fraction of sp³-hybridized carbons (Fsp3) is 0.667. The van der Waals surface area contributed by atoms with Gasteiger partial charge in [0.2, 0.25) is 0 Å². The van der Waals surface area contributed by atoms with Crippen molar-refractivity contribution < 1.29 is 9.90 Å². The van der Waals surface area contributed by atoms with Gasteiger partial charge < -0.3 is 10.0 Å². The van der Waals surface area contributed by atoms with Crippen LogP contribution in [0.2, 0.25) is 0 Å². The lowest BCUT2D eigenvalue weighted by Crippen LogP contribution is -2.29. The summed E-state index contributed by atoms with van der Waals surface area (Å²) in [6.07, 6.45) is 6.34. The van der Waals surface area contributed by atoms with Crippen LogP contribution in [0.15, 0.2) is 0 Å². The third-order valence-electron chi connectivity index (χ3n) is 4.27. The largest absolute Gasteiger partial charge is 0.478 e. The van der Waals surface area contributed by atoms with Gasteiger partial charge in [-0.1, -0.05) is 19.3 Å². The predicted octanol–water partition coefficient (Wildman–Crippen LogP) is 2.81. The average Bonchev–Trinajstić information content (AvgIpc) is 2.42. The van der Waals surface area contributed by atoms with Crippen molar-refractivity contribution in [2.75, 3.05) is 18.5 Å². The first kappa shape index (κ1) is 14.8. The summed E-state index contributed by atoms with van der Waals surface area (Å²) in [5, 5.41) is 17.6. The Morgan fingerprint density at radius 2 is 1.90 bits per heavy atom. The van der Waals surface area contributed by atoms with E-state index in [1.54, 1.807) is 13.8 Å². The van der Waals surface area contributed by atoms with E-state index in [4.69, 9.17) is 0 Å². The zero-order chi connectivity index (χ0) is 14.7. The minimum Gasteiger partial charge on any atom is -0.478 e. The molecule has 0 atom stereocenters. The van der Waals surface area contributed by atoms with E-state index in [1.807, 2.05) is 11.9 Å². The van der Waals surface area contributed by atoms with Crippen LogP contribution in [0.5, 0.6) is 0 Å². The number of nitrogens with zero attached hydrogens (tertiary/aromatic N) is 3. The number of anilines is 1. The number of aromatic nitrogens is 2. The maximum absolute atomic E-state index is 11.5. The van der Waals surface area contributed by atoms with Crippen molar-refractivity contribution in [3.8, 4) is 0 Å². The molecule has 0 aromatic carbocycles. The Labute approximate surface area is 120 Å². The number of hydrogen-bond acceptors (Lipinski definition) is 4. The van der Waals surface area contributed by atoms with E-state index in [2.05, 4.69) is 10.2 Å². The number of carbonyl (C=O) groups is 1. The van der Waals surface area contributed by atoms with Gasteiger partial charge in [0.25, 0.3) is 0 Å². The summed E-state index contributed by atoms with van der Waals surface area (Å²) >= 11 is 0. The Kier molecular flexibility index (Phi) is 4.57. The monoisotopic (exact) mass is 277 g/mol. The van der Waals surface area contributed by atoms with Gasteiger partial charge in [-0.3, -0.25) is 0 Å². The van der Waals surface area contributed by atoms with E-state index in [1.165, 1.54) is 32.1 Å². The Balaban J connectivity index is 2.22. The zero-order valence-corrected chi connectivity index (χ0v) is 12.5. The third-order valence-corrected chi connectivity index (χ3v) is 4.27. The molecule has 1 heterocycles. The fourth-order valence-corrected chi connectivity index (χ4v) is 2.96. The number of carboxylic acids is 1. The molecule has 1 aromatic rings. The van der Waals surface area contributed by atoms with Gasteiger partial charge in [-0.15, -0.1) is 5.10 Å². The molecule has 0 bridgehead atoms. The molecule has 1 aliphatic rings. The number of aryl methyl sites for hydroxylation is 1. The van der Waals surface area contributed by atoms with Crippen molar-refractivity contribution in [3.05, 3.63) is 16.8 Å². The molecule has 20 heavy (non-hydrogen) atoms. The summed E-state index contributed by atoms with van der Waals surface area (Å²) in [5.74, 6) is 0.205. The second-order valence-electron chi connectivity index (χ2n) is 5.80. The third kappa shape index (κ3) is 3.08. The maximum Gasteiger partial charge on any atom is 0.339 e. The van der Waals surface area contributed by atoms with Crippen molar-refractivity contribution >= 4 is 11.8 Å². The number of hydrogen-bond donors (Lipinski definition) is 1. The summed E-state index contributed by atoms with van der Waals surface area (Å²) in [6, 6.07) is 0. The molecule has 0 amide bonds. The minimum atomic E-state index is -0.925. The molecular formula is C15H23N3O2. The molecule has 1 saturated carbocycles. The number of aromatic carboxylic acids is 1. The maximum atomic E-state index is 11.5. The van der Waals surface area contributed by atoms with Crippen LogP contribution in [0.1, 0.15) is 53.7 Å². The van der Waals surface area contributed by atoms with E-state index in [0.717, 1.165) is 6.54 Å². The molecule has 1 aromatic heterocycles. The fourth-order valence-electron chi connectivity index (χ4n) is 2.96. The van der Waals surface area contributed by atoms with Gasteiger partial charge in [-0.25, -0.2) is 4.79 Å². The lowest BCUT2D eigenvalue weighted by Gasteiger charge is -2.28. The Morgan fingerprint density at radius 3 is 2.50 bits per heavy atom. The molecule has 0 aliphatic heterocycles. The molecule has 0 spiro atoms. The van der Waals surface area contributed by atoms with Crippen molar-refractivity contribution in [1.82, 2.24) is 10.2 Å². The van der Waals surface area contributed by atoms with Gasteiger partial charge in [-0.2, -0.15) is 5.10 Å². The van der Waals surface area contributed by atoms with E-state index in [-0.39, 0.29) is 5.56 Å². The van der Waals surface area contributed by atoms with Crippen LogP contribution in [0.25, 0.3) is 0 Å². The standard InChI is InChI=1S/C15H23N3O2/c1-10-11(2)16-17-14(13(10)15(19)20)18(3)9-12-7-5-4-6-8-12/h12H,4-9H2,1-3H3,(H,19,20). The molecule has 0 unspecified atom stereocenters. The molecule has 0 saturated heterocycles. The summed E-state index contributed by atoms with van der Waals surface area (Å²) < 4.78 is 0. The van der Waals surface area contributed by atoms with Crippen molar-refractivity contribution in [2.24, 2.45) is 5.92 Å². The second-order valence-corrected chi connectivity index (χ2v) is 5.80. The molecule has 1 aliphatic carbocycles. The SMILES string of the molecule is Cc1nnc(N(C)CC2CCCCC2)c(C(=O)O)c1C. The number of carboxylic acid groups (broad SMARTS) is 1. The van der Waals surface area contributed by atoms with Crippen LogP contribution in [-0.2, 0) is 0 Å². The van der Waals surface area contributed by atoms with Crippen LogP contribution in [0.3, 0.4) is 0 Å². The van der Waals surface area contributed by atoms with Gasteiger partial charge in [-0.05, 0) is 38.2 Å². The van der Waals surface area contributed by atoms with Crippen LogP contribution in [0.4, 0.5) is 5.82 Å². The van der Waals surface area contributed by atoms with Crippen LogP contribution in [0, 0.1) is 19.8 Å². The highest BCUT2D eigenvalue weighted by atomic mass is 16.4. The normalized spacial score (nSPS) is 16.1.